The van der Waals surface area contributed by atoms with Gasteiger partial charge >= 0.3 is 0 Å². The Bertz CT molecular complexity index is 793. The second kappa shape index (κ2) is 6.42. The molecule has 0 aliphatic carbocycles. The van der Waals surface area contributed by atoms with Crippen molar-refractivity contribution in [1.82, 2.24) is 4.90 Å². The highest BCUT2D eigenvalue weighted by Crippen LogP contribution is 2.33. The maximum absolute atomic E-state index is 12.5. The fourth-order valence-corrected chi connectivity index (χ4v) is 3.28. The zero-order chi connectivity index (χ0) is 16.4. The molecule has 2 aromatic carbocycles. The van der Waals surface area contributed by atoms with E-state index in [1.807, 2.05) is 62.4 Å². The molecule has 0 bridgehead atoms. The minimum atomic E-state index is -0.220. The number of hydrogen-bond acceptors (Lipinski definition) is 3. The molecule has 0 aromatic heterocycles. The van der Waals surface area contributed by atoms with Crippen LogP contribution >= 0.6 is 11.8 Å². The predicted octanol–water partition coefficient (Wildman–Crippen LogP) is 4.54. The smallest absolute Gasteiger partial charge is 0.268 e. The molecule has 1 heterocycles. The van der Waals surface area contributed by atoms with Crippen LogP contribution in [0.15, 0.2) is 53.4 Å². The molecule has 4 heteroatoms. The molecule has 2 aromatic rings. The van der Waals surface area contributed by atoms with Crippen molar-refractivity contribution >= 4 is 29.0 Å². The molecule has 116 valence electrons. The van der Waals surface area contributed by atoms with Crippen LogP contribution in [0.3, 0.4) is 0 Å². The van der Waals surface area contributed by atoms with Crippen molar-refractivity contribution in [3.63, 3.8) is 0 Å². The molecule has 2 amide bonds. The van der Waals surface area contributed by atoms with Gasteiger partial charge in [-0.1, -0.05) is 59.7 Å². The number of nitrogens with zero attached hydrogens (tertiary/aromatic N) is 1. The minimum absolute atomic E-state index is 0.213. The van der Waals surface area contributed by atoms with E-state index < -0.39 is 0 Å². The second-order valence-corrected chi connectivity index (χ2v) is 6.66. The van der Waals surface area contributed by atoms with Crippen LogP contribution in [0.5, 0.6) is 0 Å². The Morgan fingerprint density at radius 3 is 2.43 bits per heavy atom. The molecular weight excluding hydrogens is 306 g/mol. The molecule has 0 radical (unpaired) electrons. The summed E-state index contributed by atoms with van der Waals surface area (Å²) in [6.45, 7) is 4.33. The Balaban J connectivity index is 1.81. The number of aryl methyl sites for hydroxylation is 2. The molecular formula is C19H17NO2S. The maximum atomic E-state index is 12.5. The number of imide groups is 1. The van der Waals surface area contributed by atoms with E-state index in [0.29, 0.717) is 11.4 Å². The van der Waals surface area contributed by atoms with E-state index in [-0.39, 0.29) is 11.1 Å². The van der Waals surface area contributed by atoms with Gasteiger partial charge in [-0.2, -0.15) is 0 Å². The van der Waals surface area contributed by atoms with Crippen LogP contribution in [0.25, 0.3) is 6.08 Å². The molecule has 1 aliphatic rings. The van der Waals surface area contributed by atoms with Crippen molar-refractivity contribution in [3.8, 4) is 0 Å². The van der Waals surface area contributed by atoms with Crippen LogP contribution in [-0.4, -0.2) is 16.0 Å². The first-order valence-electron chi connectivity index (χ1n) is 7.40. The van der Waals surface area contributed by atoms with Crippen molar-refractivity contribution in [2.75, 3.05) is 0 Å². The van der Waals surface area contributed by atoms with Crippen LogP contribution in [0.2, 0.25) is 0 Å². The first-order valence-corrected chi connectivity index (χ1v) is 8.22. The lowest BCUT2D eigenvalue weighted by Crippen LogP contribution is -2.27. The third kappa shape index (κ3) is 3.54. The van der Waals surface area contributed by atoms with Gasteiger partial charge in [0.25, 0.3) is 11.1 Å². The van der Waals surface area contributed by atoms with E-state index >= 15 is 0 Å². The summed E-state index contributed by atoms with van der Waals surface area (Å²) < 4.78 is 0. The Morgan fingerprint density at radius 1 is 1.00 bits per heavy atom. The van der Waals surface area contributed by atoms with Gasteiger partial charge in [0.2, 0.25) is 0 Å². The molecule has 0 N–H and O–H groups in total. The highest BCUT2D eigenvalue weighted by Gasteiger charge is 2.34. The van der Waals surface area contributed by atoms with Gasteiger partial charge in [-0.05, 0) is 42.8 Å². The van der Waals surface area contributed by atoms with Crippen molar-refractivity contribution in [2.45, 2.75) is 20.4 Å². The van der Waals surface area contributed by atoms with Crippen LogP contribution in [0, 0.1) is 13.8 Å². The normalized spacial score (nSPS) is 16.4. The number of amides is 2. The van der Waals surface area contributed by atoms with Gasteiger partial charge in [0.15, 0.2) is 0 Å². The second-order valence-electron chi connectivity index (χ2n) is 5.67. The topological polar surface area (TPSA) is 37.4 Å². The summed E-state index contributed by atoms with van der Waals surface area (Å²) in [6.07, 6.45) is 1.78. The molecule has 0 saturated carbocycles. The summed E-state index contributed by atoms with van der Waals surface area (Å²) in [5.41, 5.74) is 4.17. The quantitative estimate of drug-likeness (QED) is 0.778. The maximum Gasteiger partial charge on any atom is 0.293 e. The number of benzene rings is 2. The van der Waals surface area contributed by atoms with E-state index in [1.54, 1.807) is 6.08 Å². The third-order valence-corrected chi connectivity index (χ3v) is 4.58. The van der Waals surface area contributed by atoms with Gasteiger partial charge in [-0.15, -0.1) is 0 Å². The SMILES string of the molecule is Cc1ccc(/C=C2/SC(=O)N(Cc3cccc(C)c3)C2=O)cc1. The Labute approximate surface area is 140 Å². The number of rotatable bonds is 3. The Morgan fingerprint density at radius 2 is 1.74 bits per heavy atom. The van der Waals surface area contributed by atoms with E-state index in [9.17, 15) is 9.59 Å². The predicted molar refractivity (Wildman–Crippen MR) is 93.9 cm³/mol. The Kier molecular flexibility index (Phi) is 4.35. The van der Waals surface area contributed by atoms with E-state index in [2.05, 4.69) is 0 Å². The van der Waals surface area contributed by atoms with Crippen molar-refractivity contribution < 1.29 is 9.59 Å². The van der Waals surface area contributed by atoms with E-state index in [4.69, 9.17) is 0 Å². The fraction of sp³-hybridized carbons (Fsp3) is 0.158. The first kappa shape index (κ1) is 15.6. The van der Waals surface area contributed by atoms with Gasteiger partial charge in [0.1, 0.15) is 0 Å². The summed E-state index contributed by atoms with van der Waals surface area (Å²) in [7, 11) is 0. The van der Waals surface area contributed by atoms with Crippen LogP contribution in [-0.2, 0) is 11.3 Å². The lowest BCUT2D eigenvalue weighted by atomic mass is 10.1. The molecule has 1 fully saturated rings. The lowest BCUT2D eigenvalue weighted by molar-refractivity contribution is -0.123. The first-order chi connectivity index (χ1) is 11.0. The zero-order valence-corrected chi connectivity index (χ0v) is 13.9. The molecule has 3 nitrogen and oxygen atoms in total. The van der Waals surface area contributed by atoms with E-state index in [0.717, 1.165) is 34.0 Å². The molecule has 23 heavy (non-hydrogen) atoms. The van der Waals surface area contributed by atoms with Crippen LogP contribution < -0.4 is 0 Å². The molecule has 1 aliphatic heterocycles. The van der Waals surface area contributed by atoms with Gasteiger partial charge in [-0.3, -0.25) is 14.5 Å². The third-order valence-electron chi connectivity index (χ3n) is 3.67. The summed E-state index contributed by atoms with van der Waals surface area (Å²) in [5, 5.41) is -0.213. The summed E-state index contributed by atoms with van der Waals surface area (Å²) in [6, 6.07) is 15.7. The lowest BCUT2D eigenvalue weighted by Gasteiger charge is -2.12. The monoisotopic (exact) mass is 323 g/mol. The van der Waals surface area contributed by atoms with Gasteiger partial charge in [-0.25, -0.2) is 0 Å². The van der Waals surface area contributed by atoms with Gasteiger partial charge in [0.05, 0.1) is 11.4 Å². The highest BCUT2D eigenvalue weighted by molar-refractivity contribution is 8.18. The highest BCUT2D eigenvalue weighted by atomic mass is 32.2. The summed E-state index contributed by atoms with van der Waals surface area (Å²) >= 11 is 1.00. The van der Waals surface area contributed by atoms with Crippen LogP contribution in [0.4, 0.5) is 4.79 Å². The molecule has 0 unspecified atom stereocenters. The van der Waals surface area contributed by atoms with Gasteiger partial charge in [0, 0.05) is 0 Å². The average molecular weight is 323 g/mol. The Hall–Kier alpha value is -2.33. The number of thioether (sulfide) groups is 1. The van der Waals surface area contributed by atoms with Crippen molar-refractivity contribution in [2.24, 2.45) is 0 Å². The molecule has 1 saturated heterocycles. The number of hydrogen-bond donors (Lipinski definition) is 0. The van der Waals surface area contributed by atoms with Crippen molar-refractivity contribution in [3.05, 3.63) is 75.7 Å². The fourth-order valence-electron chi connectivity index (χ4n) is 2.44. The standard InChI is InChI=1S/C19H17NO2S/c1-13-6-8-15(9-7-13)11-17-18(21)20(19(22)23-17)12-16-5-3-4-14(2)10-16/h3-11H,12H2,1-2H3/b17-11+. The van der Waals surface area contributed by atoms with Crippen molar-refractivity contribution in [1.29, 1.82) is 0 Å². The number of carbonyl (C=O) groups is 2. The molecule has 3 rings (SSSR count). The zero-order valence-electron chi connectivity index (χ0n) is 13.1. The largest absolute Gasteiger partial charge is 0.293 e. The summed E-state index contributed by atoms with van der Waals surface area (Å²) in [5.74, 6) is -0.220. The van der Waals surface area contributed by atoms with E-state index in [1.165, 1.54) is 4.90 Å². The minimum Gasteiger partial charge on any atom is -0.268 e. The summed E-state index contributed by atoms with van der Waals surface area (Å²) in [4.78, 5) is 26.4. The average Bonchev–Trinajstić information content (AvgIpc) is 2.77. The van der Waals surface area contributed by atoms with Crippen LogP contribution in [0.1, 0.15) is 22.3 Å². The number of carbonyl (C=O) groups excluding carboxylic acids is 2. The molecule has 0 spiro atoms. The molecule has 0 atom stereocenters. The van der Waals surface area contributed by atoms with Gasteiger partial charge < -0.3 is 0 Å².